The van der Waals surface area contributed by atoms with E-state index in [1.54, 1.807) is 6.20 Å². The van der Waals surface area contributed by atoms with E-state index in [4.69, 9.17) is 0 Å². The maximum atomic E-state index is 12.9. The molecule has 1 fully saturated rings. The van der Waals surface area contributed by atoms with Crippen LogP contribution in [0.4, 0.5) is 16.2 Å². The summed E-state index contributed by atoms with van der Waals surface area (Å²) in [5, 5.41) is 17.0. The van der Waals surface area contributed by atoms with Gasteiger partial charge in [0.2, 0.25) is 5.91 Å². The molecule has 4 amide bonds. The monoisotopic (exact) mass is 421 g/mol. The number of benzene rings is 2. The van der Waals surface area contributed by atoms with Crippen molar-refractivity contribution in [3.63, 3.8) is 0 Å². The summed E-state index contributed by atoms with van der Waals surface area (Å²) >= 11 is 0. The van der Waals surface area contributed by atoms with E-state index in [0.717, 1.165) is 21.4 Å². The molecule has 4 rings (SSSR count). The van der Waals surface area contributed by atoms with Crippen LogP contribution in [0.2, 0.25) is 0 Å². The number of carbonyl (C=O) groups is 3. The number of carbonyl (C=O) groups excluding carboxylic acids is 3. The molecule has 2 heterocycles. The lowest BCUT2D eigenvalue weighted by atomic mass is 10.0. The third-order valence-electron chi connectivity index (χ3n) is 5.24. The van der Waals surface area contributed by atoms with Crippen molar-refractivity contribution in [1.82, 2.24) is 15.2 Å². The molecule has 1 saturated heterocycles. The van der Waals surface area contributed by atoms with Crippen LogP contribution in [0.15, 0.2) is 54.7 Å². The molecule has 0 saturated carbocycles. The van der Waals surface area contributed by atoms with Gasteiger partial charge in [-0.1, -0.05) is 24.3 Å². The minimum absolute atomic E-state index is 0.181. The number of nitrogens with zero attached hydrogens (tertiary/aromatic N) is 2. The molecule has 10 nitrogen and oxygen atoms in total. The van der Waals surface area contributed by atoms with Gasteiger partial charge in [-0.25, -0.2) is 4.79 Å². The lowest BCUT2D eigenvalue weighted by Gasteiger charge is -2.20. The summed E-state index contributed by atoms with van der Waals surface area (Å²) < 4.78 is 0. The van der Waals surface area contributed by atoms with E-state index in [-0.39, 0.29) is 17.8 Å². The second-order valence-electron chi connectivity index (χ2n) is 7.25. The number of fused-ring (bicyclic) bond motifs is 1. The Hall–Kier alpha value is -4.21. The highest BCUT2D eigenvalue weighted by Crippen LogP contribution is 2.23. The molecule has 0 bridgehead atoms. The van der Waals surface area contributed by atoms with Gasteiger partial charge in [0.05, 0.1) is 4.92 Å². The molecule has 1 aliphatic rings. The number of rotatable bonds is 6. The summed E-state index contributed by atoms with van der Waals surface area (Å²) in [4.78, 5) is 52.3. The van der Waals surface area contributed by atoms with Crippen LogP contribution in [0, 0.1) is 10.1 Å². The topological polar surface area (TPSA) is 137 Å². The number of nitro groups is 1. The van der Waals surface area contributed by atoms with Crippen LogP contribution in [-0.2, 0) is 16.0 Å². The molecular weight excluding hydrogens is 402 g/mol. The first-order valence-electron chi connectivity index (χ1n) is 9.59. The number of urea groups is 1. The molecule has 2 aromatic carbocycles. The summed E-state index contributed by atoms with van der Waals surface area (Å²) in [5.41, 5.74) is 1.83. The van der Waals surface area contributed by atoms with Gasteiger partial charge >= 0.3 is 6.03 Å². The SMILES string of the molecule is C[C@H](C(=O)Nc1cccc([N+](=O)[O-])c1)N1C(=O)N[C@H](Cc2c[nH]c3ccccc23)C1=O. The first-order valence-corrected chi connectivity index (χ1v) is 9.59. The second-order valence-corrected chi connectivity index (χ2v) is 7.25. The highest BCUT2D eigenvalue weighted by atomic mass is 16.6. The fourth-order valence-corrected chi connectivity index (χ4v) is 3.63. The zero-order chi connectivity index (χ0) is 22.1. The quantitative estimate of drug-likeness (QED) is 0.319. The van der Waals surface area contributed by atoms with E-state index in [9.17, 15) is 24.5 Å². The molecular formula is C21H19N5O5. The van der Waals surface area contributed by atoms with Crippen LogP contribution in [0.1, 0.15) is 12.5 Å². The Bertz CT molecular complexity index is 1200. The van der Waals surface area contributed by atoms with Gasteiger partial charge in [0.25, 0.3) is 11.6 Å². The highest BCUT2D eigenvalue weighted by molar-refractivity contribution is 6.09. The van der Waals surface area contributed by atoms with Gasteiger partial charge in [-0.05, 0) is 24.6 Å². The predicted molar refractivity (Wildman–Crippen MR) is 112 cm³/mol. The summed E-state index contributed by atoms with van der Waals surface area (Å²) in [6, 6.07) is 10.5. The van der Waals surface area contributed by atoms with E-state index >= 15 is 0 Å². The Balaban J connectivity index is 1.47. The van der Waals surface area contributed by atoms with Crippen molar-refractivity contribution < 1.29 is 19.3 Å². The number of para-hydroxylation sites is 1. The standard InChI is InChI=1S/C21H19N5O5/c1-12(19(27)23-14-5-4-6-15(10-14)26(30)31)25-20(28)18(24-21(25)29)9-13-11-22-17-8-3-2-7-16(13)17/h2-8,10-12,18,22H,9H2,1H3,(H,23,27)(H,24,29)/t12-,18-/m1/s1. The van der Waals surface area contributed by atoms with Crippen LogP contribution < -0.4 is 10.6 Å². The van der Waals surface area contributed by atoms with Crippen LogP contribution in [0.5, 0.6) is 0 Å². The van der Waals surface area contributed by atoms with Crippen molar-refractivity contribution in [2.45, 2.75) is 25.4 Å². The summed E-state index contributed by atoms with van der Waals surface area (Å²) in [7, 11) is 0. The van der Waals surface area contributed by atoms with Crippen molar-refractivity contribution in [3.8, 4) is 0 Å². The van der Waals surface area contributed by atoms with Crippen molar-refractivity contribution in [1.29, 1.82) is 0 Å². The maximum absolute atomic E-state index is 12.9. The van der Waals surface area contributed by atoms with E-state index in [0.29, 0.717) is 0 Å². The van der Waals surface area contributed by atoms with Gasteiger partial charge in [0.1, 0.15) is 12.1 Å². The third-order valence-corrected chi connectivity index (χ3v) is 5.24. The number of non-ortho nitro benzene ring substituents is 1. The van der Waals surface area contributed by atoms with E-state index in [1.165, 1.54) is 31.2 Å². The van der Waals surface area contributed by atoms with Gasteiger partial charge in [0, 0.05) is 41.3 Å². The average molecular weight is 421 g/mol. The largest absolute Gasteiger partial charge is 0.361 e. The van der Waals surface area contributed by atoms with E-state index in [2.05, 4.69) is 15.6 Å². The van der Waals surface area contributed by atoms with Gasteiger partial charge in [-0.2, -0.15) is 0 Å². The van der Waals surface area contributed by atoms with Crippen LogP contribution in [0.3, 0.4) is 0 Å². The highest BCUT2D eigenvalue weighted by Gasteiger charge is 2.43. The first kappa shape index (κ1) is 20.1. The number of nitro benzene ring substituents is 1. The van der Waals surface area contributed by atoms with Crippen LogP contribution in [-0.4, -0.2) is 44.7 Å². The Morgan fingerprint density at radius 2 is 2.00 bits per heavy atom. The fraction of sp³-hybridized carbons (Fsp3) is 0.190. The van der Waals surface area contributed by atoms with Crippen LogP contribution >= 0.6 is 0 Å². The number of nitrogens with one attached hydrogen (secondary N) is 3. The third kappa shape index (κ3) is 3.82. The minimum Gasteiger partial charge on any atom is -0.361 e. The molecule has 10 heteroatoms. The molecule has 0 unspecified atom stereocenters. The van der Waals surface area contributed by atoms with Gasteiger partial charge < -0.3 is 15.6 Å². The van der Waals surface area contributed by atoms with Gasteiger partial charge in [-0.15, -0.1) is 0 Å². The maximum Gasteiger partial charge on any atom is 0.325 e. The number of hydrogen-bond acceptors (Lipinski definition) is 5. The molecule has 0 radical (unpaired) electrons. The summed E-state index contributed by atoms with van der Waals surface area (Å²) in [6.07, 6.45) is 2.08. The minimum atomic E-state index is -1.10. The molecule has 0 aliphatic carbocycles. The lowest BCUT2D eigenvalue weighted by molar-refractivity contribution is -0.384. The van der Waals surface area contributed by atoms with Crippen molar-refractivity contribution in [2.75, 3.05) is 5.32 Å². The molecule has 3 aromatic rings. The average Bonchev–Trinajstić information content (AvgIpc) is 3.28. The van der Waals surface area contributed by atoms with E-state index in [1.807, 2.05) is 24.3 Å². The van der Waals surface area contributed by atoms with Crippen LogP contribution in [0.25, 0.3) is 10.9 Å². The molecule has 1 aliphatic heterocycles. The van der Waals surface area contributed by atoms with Crippen molar-refractivity contribution in [3.05, 3.63) is 70.4 Å². The van der Waals surface area contributed by atoms with E-state index < -0.39 is 34.9 Å². The molecule has 2 atom stereocenters. The predicted octanol–water partition coefficient (Wildman–Crippen LogP) is 2.57. The Morgan fingerprint density at radius 1 is 1.23 bits per heavy atom. The van der Waals surface area contributed by atoms with Crippen molar-refractivity contribution >= 4 is 40.1 Å². The number of H-pyrrole nitrogens is 1. The number of aromatic nitrogens is 1. The zero-order valence-corrected chi connectivity index (χ0v) is 16.5. The molecule has 3 N–H and O–H groups in total. The zero-order valence-electron chi connectivity index (χ0n) is 16.5. The second kappa shape index (κ2) is 7.90. The summed E-state index contributed by atoms with van der Waals surface area (Å²) in [6.45, 7) is 1.43. The van der Waals surface area contributed by atoms with Gasteiger partial charge in [-0.3, -0.25) is 24.6 Å². The number of hydrogen-bond donors (Lipinski definition) is 3. The Kier molecular flexibility index (Phi) is 5.12. The number of aromatic amines is 1. The number of amides is 4. The lowest BCUT2D eigenvalue weighted by Crippen LogP contribution is -2.46. The Morgan fingerprint density at radius 3 is 2.77 bits per heavy atom. The number of imide groups is 1. The van der Waals surface area contributed by atoms with Crippen molar-refractivity contribution in [2.24, 2.45) is 0 Å². The molecule has 0 spiro atoms. The summed E-state index contributed by atoms with van der Waals surface area (Å²) in [5.74, 6) is -1.13. The molecule has 1 aromatic heterocycles. The normalized spacial score (nSPS) is 16.9. The van der Waals surface area contributed by atoms with Gasteiger partial charge in [0.15, 0.2) is 0 Å². The smallest absolute Gasteiger partial charge is 0.325 e. The Labute approximate surface area is 176 Å². The first-order chi connectivity index (χ1) is 14.8. The number of anilines is 1. The molecule has 31 heavy (non-hydrogen) atoms. The fourth-order valence-electron chi connectivity index (χ4n) is 3.63. The molecule has 158 valence electrons.